The van der Waals surface area contributed by atoms with E-state index in [1.54, 1.807) is 6.07 Å². The lowest BCUT2D eigenvalue weighted by Gasteiger charge is -2.10. The Kier molecular flexibility index (Phi) is 1.84. The molecule has 0 bridgehead atoms. The molecule has 1 aromatic carbocycles. The van der Waals surface area contributed by atoms with E-state index in [9.17, 15) is 8.78 Å². The predicted octanol–water partition coefficient (Wildman–Crippen LogP) is 2.18. The maximum Gasteiger partial charge on any atom is 0.273 e. The Morgan fingerprint density at radius 2 is 2.15 bits per heavy atom. The number of fused-ring (bicyclic) bond motifs is 1. The van der Waals surface area contributed by atoms with Gasteiger partial charge in [0.2, 0.25) is 0 Å². The molecule has 2 rings (SSSR count). The normalized spacial score (nSPS) is 18.7. The average molecular weight is 183 g/mol. The van der Waals surface area contributed by atoms with Gasteiger partial charge in [0, 0.05) is 18.5 Å². The van der Waals surface area contributed by atoms with Gasteiger partial charge >= 0.3 is 0 Å². The first-order valence-corrected chi connectivity index (χ1v) is 4.34. The molecule has 0 fully saturated rings. The van der Waals surface area contributed by atoms with E-state index in [0.29, 0.717) is 13.0 Å². The van der Waals surface area contributed by atoms with Crippen molar-refractivity contribution in [1.82, 2.24) is 0 Å². The van der Waals surface area contributed by atoms with Gasteiger partial charge in [-0.2, -0.15) is 0 Å². The van der Waals surface area contributed by atoms with Crippen molar-refractivity contribution < 1.29 is 8.78 Å². The molecule has 0 atom stereocenters. The van der Waals surface area contributed by atoms with E-state index >= 15 is 0 Å². The molecule has 0 amide bonds. The van der Waals surface area contributed by atoms with E-state index in [4.69, 9.17) is 5.73 Å². The highest BCUT2D eigenvalue weighted by Gasteiger charge is 2.39. The molecule has 0 unspecified atom stereocenters. The quantitative estimate of drug-likeness (QED) is 0.709. The van der Waals surface area contributed by atoms with Crippen LogP contribution in [0.5, 0.6) is 0 Å². The molecule has 1 aliphatic carbocycles. The molecule has 1 aromatic rings. The van der Waals surface area contributed by atoms with Crippen LogP contribution in [0, 0.1) is 0 Å². The number of halogens is 2. The molecule has 0 radical (unpaired) electrons. The Morgan fingerprint density at radius 3 is 2.85 bits per heavy atom. The van der Waals surface area contributed by atoms with E-state index in [1.165, 1.54) is 6.07 Å². The van der Waals surface area contributed by atoms with Crippen LogP contribution < -0.4 is 5.73 Å². The minimum atomic E-state index is -2.64. The smallest absolute Gasteiger partial charge is 0.273 e. The molecule has 70 valence electrons. The topological polar surface area (TPSA) is 26.0 Å². The van der Waals surface area contributed by atoms with Crippen LogP contribution in [0.1, 0.15) is 23.1 Å². The summed E-state index contributed by atoms with van der Waals surface area (Å²) in [5.41, 5.74) is 7.26. The summed E-state index contributed by atoms with van der Waals surface area (Å²) in [6.45, 7) is 0.346. The fraction of sp³-hybridized carbons (Fsp3) is 0.400. The Hall–Kier alpha value is -0.960. The zero-order valence-corrected chi connectivity index (χ0v) is 7.19. The summed E-state index contributed by atoms with van der Waals surface area (Å²) in [6.07, 6.45) is 0.384. The first-order valence-electron chi connectivity index (χ1n) is 4.34. The third-order valence-corrected chi connectivity index (χ3v) is 2.58. The summed E-state index contributed by atoms with van der Waals surface area (Å²) in [7, 11) is 0. The Morgan fingerprint density at radius 1 is 1.38 bits per heavy atom. The number of nitrogens with two attached hydrogens (primary N) is 1. The van der Waals surface area contributed by atoms with Crippen molar-refractivity contribution in [2.75, 3.05) is 0 Å². The molecule has 13 heavy (non-hydrogen) atoms. The molecule has 0 saturated heterocycles. The van der Waals surface area contributed by atoms with Gasteiger partial charge in [-0.25, -0.2) is 8.78 Å². The second-order valence-electron chi connectivity index (χ2n) is 3.35. The molecule has 3 heteroatoms. The highest BCUT2D eigenvalue weighted by atomic mass is 19.3. The van der Waals surface area contributed by atoms with Gasteiger partial charge in [0.15, 0.2) is 0 Å². The lowest BCUT2D eigenvalue weighted by Crippen LogP contribution is -2.08. The van der Waals surface area contributed by atoms with Gasteiger partial charge in [0.1, 0.15) is 0 Å². The molecule has 0 heterocycles. The highest BCUT2D eigenvalue weighted by molar-refractivity contribution is 5.41. The van der Waals surface area contributed by atoms with Crippen molar-refractivity contribution in [1.29, 1.82) is 0 Å². The van der Waals surface area contributed by atoms with Crippen LogP contribution in [0.3, 0.4) is 0 Å². The summed E-state index contributed by atoms with van der Waals surface area (Å²) in [5, 5.41) is 0. The Bertz CT molecular complexity index is 334. The molecule has 0 aliphatic heterocycles. The largest absolute Gasteiger partial charge is 0.326 e. The van der Waals surface area contributed by atoms with Gasteiger partial charge in [0.25, 0.3) is 5.92 Å². The van der Waals surface area contributed by atoms with Crippen LogP contribution in [0.25, 0.3) is 0 Å². The van der Waals surface area contributed by atoms with E-state index in [1.807, 2.05) is 6.07 Å². The molecular weight excluding hydrogens is 172 g/mol. The summed E-state index contributed by atoms with van der Waals surface area (Å²) >= 11 is 0. The molecular formula is C10H11F2N. The zero-order valence-electron chi connectivity index (χ0n) is 7.19. The van der Waals surface area contributed by atoms with Gasteiger partial charge in [0.05, 0.1) is 0 Å². The fourth-order valence-electron chi connectivity index (χ4n) is 1.88. The fourth-order valence-corrected chi connectivity index (χ4v) is 1.88. The number of alkyl halides is 2. The second-order valence-corrected chi connectivity index (χ2v) is 3.35. The minimum Gasteiger partial charge on any atom is -0.326 e. The third kappa shape index (κ3) is 1.23. The predicted molar refractivity (Wildman–Crippen MR) is 46.5 cm³/mol. The molecule has 2 N–H and O–H groups in total. The van der Waals surface area contributed by atoms with Crippen LogP contribution >= 0.6 is 0 Å². The first-order chi connectivity index (χ1) is 6.15. The number of benzene rings is 1. The van der Waals surface area contributed by atoms with Crippen LogP contribution in [0.15, 0.2) is 18.2 Å². The van der Waals surface area contributed by atoms with Crippen molar-refractivity contribution in [3.63, 3.8) is 0 Å². The molecule has 0 spiro atoms. The van der Waals surface area contributed by atoms with Crippen molar-refractivity contribution >= 4 is 0 Å². The van der Waals surface area contributed by atoms with E-state index in [0.717, 1.165) is 11.1 Å². The lowest BCUT2D eigenvalue weighted by atomic mass is 10.0. The molecule has 0 saturated carbocycles. The van der Waals surface area contributed by atoms with E-state index < -0.39 is 5.92 Å². The van der Waals surface area contributed by atoms with Crippen molar-refractivity contribution in [3.05, 3.63) is 34.9 Å². The standard InChI is InChI=1S/C10H11F2N/c11-10(12)5-4-8-7(6-13)2-1-3-9(8)10/h1-3H,4-6,13H2. The summed E-state index contributed by atoms with van der Waals surface area (Å²) in [5.74, 6) is -2.64. The Balaban J connectivity index is 2.56. The highest BCUT2D eigenvalue weighted by Crippen LogP contribution is 2.42. The summed E-state index contributed by atoms with van der Waals surface area (Å²) in [6, 6.07) is 4.97. The maximum absolute atomic E-state index is 13.2. The van der Waals surface area contributed by atoms with Gasteiger partial charge in [-0.15, -0.1) is 0 Å². The molecule has 1 nitrogen and oxygen atoms in total. The number of hydrogen-bond acceptors (Lipinski definition) is 1. The number of hydrogen-bond donors (Lipinski definition) is 1. The van der Waals surface area contributed by atoms with E-state index in [2.05, 4.69) is 0 Å². The number of rotatable bonds is 1. The maximum atomic E-state index is 13.2. The van der Waals surface area contributed by atoms with Crippen molar-refractivity contribution in [2.45, 2.75) is 25.3 Å². The Labute approximate surface area is 75.6 Å². The summed E-state index contributed by atoms with van der Waals surface area (Å²) < 4.78 is 26.4. The van der Waals surface area contributed by atoms with Crippen LogP contribution in [-0.2, 0) is 18.9 Å². The third-order valence-electron chi connectivity index (χ3n) is 2.58. The van der Waals surface area contributed by atoms with Gasteiger partial charge in [-0.3, -0.25) is 0 Å². The lowest BCUT2D eigenvalue weighted by molar-refractivity contribution is -0.00184. The van der Waals surface area contributed by atoms with Gasteiger partial charge in [-0.05, 0) is 17.5 Å². The first kappa shape index (κ1) is 8.63. The average Bonchev–Trinajstić information content (AvgIpc) is 2.43. The van der Waals surface area contributed by atoms with Crippen molar-refractivity contribution in [2.24, 2.45) is 5.73 Å². The second kappa shape index (κ2) is 2.77. The van der Waals surface area contributed by atoms with E-state index in [-0.39, 0.29) is 12.0 Å². The van der Waals surface area contributed by atoms with Gasteiger partial charge in [-0.1, -0.05) is 18.2 Å². The van der Waals surface area contributed by atoms with Gasteiger partial charge < -0.3 is 5.73 Å². The molecule has 0 aromatic heterocycles. The monoisotopic (exact) mass is 183 g/mol. The van der Waals surface area contributed by atoms with Crippen LogP contribution in [-0.4, -0.2) is 0 Å². The summed E-state index contributed by atoms with van der Waals surface area (Å²) in [4.78, 5) is 0. The zero-order chi connectivity index (χ0) is 9.47. The molecule has 1 aliphatic rings. The van der Waals surface area contributed by atoms with Crippen LogP contribution in [0.2, 0.25) is 0 Å². The minimum absolute atomic E-state index is 0.0701. The SMILES string of the molecule is NCc1cccc2c1CCC2(F)F. The van der Waals surface area contributed by atoms with Crippen LogP contribution in [0.4, 0.5) is 8.78 Å². The van der Waals surface area contributed by atoms with Crippen molar-refractivity contribution in [3.8, 4) is 0 Å².